The maximum atomic E-state index is 13.0. The van der Waals surface area contributed by atoms with E-state index in [0.29, 0.717) is 36.8 Å². The van der Waals surface area contributed by atoms with Crippen molar-refractivity contribution in [1.82, 2.24) is 15.2 Å². The Morgan fingerprint density at radius 1 is 1.17 bits per heavy atom. The molecule has 3 aromatic rings. The van der Waals surface area contributed by atoms with Gasteiger partial charge in [-0.2, -0.15) is 0 Å². The van der Waals surface area contributed by atoms with Gasteiger partial charge in [-0.25, -0.2) is 4.98 Å². The van der Waals surface area contributed by atoms with E-state index in [1.807, 2.05) is 30.5 Å². The number of thiazole rings is 1. The highest BCUT2D eigenvalue weighted by Crippen LogP contribution is 2.42. The Balaban J connectivity index is 1.46. The van der Waals surface area contributed by atoms with E-state index in [2.05, 4.69) is 32.7 Å². The van der Waals surface area contributed by atoms with Gasteiger partial charge in [-0.1, -0.05) is 30.3 Å². The summed E-state index contributed by atoms with van der Waals surface area (Å²) < 4.78 is 5.86. The number of hydrogen-bond donors (Lipinski definition) is 3. The van der Waals surface area contributed by atoms with Gasteiger partial charge in [-0.3, -0.25) is 19.3 Å². The van der Waals surface area contributed by atoms with Crippen LogP contribution < -0.4 is 16.1 Å². The number of nitrogens with one attached hydrogen (secondary N) is 2. The average molecular weight is 511 g/mol. The number of amides is 2. The Kier molecular flexibility index (Phi) is 7.85. The molecule has 0 atom stereocenters. The van der Waals surface area contributed by atoms with Crippen LogP contribution in [0.25, 0.3) is 0 Å². The highest BCUT2D eigenvalue weighted by atomic mass is 32.1. The highest BCUT2D eigenvalue weighted by molar-refractivity contribution is 7.13. The third kappa shape index (κ3) is 6.19. The van der Waals surface area contributed by atoms with Gasteiger partial charge < -0.3 is 20.2 Å². The lowest BCUT2D eigenvalue weighted by Gasteiger charge is -2.40. The molecule has 1 aliphatic heterocycles. The fourth-order valence-corrected chi connectivity index (χ4v) is 5.26. The molecular formula is C26H30N4O5S. The number of aryl methyl sites for hydroxylation is 2. The number of aromatic nitrogens is 1. The second kappa shape index (κ2) is 11.0. The van der Waals surface area contributed by atoms with Crippen LogP contribution in [-0.2, 0) is 21.5 Å². The van der Waals surface area contributed by atoms with Gasteiger partial charge in [0, 0.05) is 29.8 Å². The van der Waals surface area contributed by atoms with E-state index >= 15 is 0 Å². The molecular weight excluding hydrogens is 480 g/mol. The van der Waals surface area contributed by atoms with Crippen LogP contribution in [0.3, 0.4) is 0 Å². The van der Waals surface area contributed by atoms with Crippen molar-refractivity contribution < 1.29 is 19.1 Å². The van der Waals surface area contributed by atoms with Gasteiger partial charge in [0.05, 0.1) is 12.2 Å². The molecule has 190 valence electrons. The Morgan fingerprint density at radius 2 is 1.89 bits per heavy atom. The van der Waals surface area contributed by atoms with Crippen LogP contribution in [0.5, 0.6) is 5.75 Å². The van der Waals surface area contributed by atoms with Crippen molar-refractivity contribution in [3.05, 3.63) is 74.8 Å². The van der Waals surface area contributed by atoms with Gasteiger partial charge in [-0.05, 0) is 45.3 Å². The summed E-state index contributed by atoms with van der Waals surface area (Å²) in [6.45, 7) is 5.35. The molecule has 0 bridgehead atoms. The standard InChI is InChI=1S/C26H30N4O5S/c1-17-16-36-25(28-17)29-22(33)14-27-21(32)13-26(24-23(34)20(31)12-18(2)35-24)8-10-30(11-9-26)15-19-6-4-3-5-7-19/h3-7,12,16,34H,8-11,13-15H2,1-2H3,(H,27,32)(H,28,29,33). The molecule has 0 aliphatic carbocycles. The molecule has 2 amide bonds. The number of rotatable bonds is 8. The van der Waals surface area contributed by atoms with Gasteiger partial charge in [-0.15, -0.1) is 11.3 Å². The lowest BCUT2D eigenvalue weighted by atomic mass is 9.72. The summed E-state index contributed by atoms with van der Waals surface area (Å²) in [5.41, 5.74) is 0.599. The molecule has 3 heterocycles. The molecule has 0 saturated carbocycles. The van der Waals surface area contributed by atoms with Crippen LogP contribution in [0.2, 0.25) is 0 Å². The fraction of sp³-hybridized carbons (Fsp3) is 0.385. The molecule has 1 aromatic carbocycles. The maximum absolute atomic E-state index is 13.0. The van der Waals surface area contributed by atoms with Crippen LogP contribution >= 0.6 is 11.3 Å². The third-order valence-electron chi connectivity index (χ3n) is 6.40. The second-order valence-corrected chi connectivity index (χ2v) is 10.1. The van der Waals surface area contributed by atoms with Crippen molar-refractivity contribution >= 4 is 28.3 Å². The van der Waals surface area contributed by atoms with Crippen LogP contribution in [0, 0.1) is 13.8 Å². The SMILES string of the molecule is Cc1csc(NC(=O)CNC(=O)CC2(c3oc(C)cc(=O)c3O)CCN(Cc3ccccc3)CC2)n1. The van der Waals surface area contributed by atoms with E-state index in [4.69, 9.17) is 4.42 Å². The van der Waals surface area contributed by atoms with Crippen molar-refractivity contribution in [3.63, 3.8) is 0 Å². The number of carbonyl (C=O) groups excluding carboxylic acids is 2. The fourth-order valence-electron chi connectivity index (χ4n) is 4.55. The zero-order valence-corrected chi connectivity index (χ0v) is 21.2. The highest BCUT2D eigenvalue weighted by Gasteiger charge is 2.43. The van der Waals surface area contributed by atoms with Crippen LogP contribution in [-0.4, -0.2) is 46.4 Å². The summed E-state index contributed by atoms with van der Waals surface area (Å²) in [5, 5.41) is 18.2. The number of carbonyl (C=O) groups is 2. The normalized spacial score (nSPS) is 15.4. The van der Waals surface area contributed by atoms with E-state index in [-0.39, 0.29) is 30.5 Å². The minimum Gasteiger partial charge on any atom is -0.502 e. The Morgan fingerprint density at radius 3 is 2.56 bits per heavy atom. The van der Waals surface area contributed by atoms with E-state index in [1.54, 1.807) is 6.92 Å². The first-order chi connectivity index (χ1) is 17.2. The van der Waals surface area contributed by atoms with Gasteiger partial charge in [0.2, 0.25) is 23.0 Å². The predicted molar refractivity (Wildman–Crippen MR) is 137 cm³/mol. The average Bonchev–Trinajstić information content (AvgIpc) is 3.26. The minimum atomic E-state index is -0.866. The largest absolute Gasteiger partial charge is 0.502 e. The van der Waals surface area contributed by atoms with Gasteiger partial charge in [0.15, 0.2) is 10.9 Å². The Hall–Kier alpha value is -3.50. The molecule has 4 rings (SSSR count). The molecule has 0 unspecified atom stereocenters. The molecule has 0 radical (unpaired) electrons. The number of nitrogens with zero attached hydrogens (tertiary/aromatic N) is 2. The summed E-state index contributed by atoms with van der Waals surface area (Å²) in [7, 11) is 0. The van der Waals surface area contributed by atoms with Crippen LogP contribution in [0.4, 0.5) is 5.13 Å². The second-order valence-electron chi connectivity index (χ2n) is 9.24. The Labute approximate surface area is 213 Å². The van der Waals surface area contributed by atoms with Crippen molar-refractivity contribution in [2.75, 3.05) is 25.0 Å². The molecule has 0 spiro atoms. The number of aromatic hydroxyl groups is 1. The summed E-state index contributed by atoms with van der Waals surface area (Å²) in [6, 6.07) is 11.3. The van der Waals surface area contributed by atoms with E-state index < -0.39 is 16.6 Å². The summed E-state index contributed by atoms with van der Waals surface area (Å²) in [4.78, 5) is 44.1. The number of likely N-dealkylation sites (tertiary alicyclic amines) is 1. The summed E-state index contributed by atoms with van der Waals surface area (Å²) in [6.07, 6.45) is 1.01. The van der Waals surface area contributed by atoms with Gasteiger partial charge in [0.25, 0.3) is 0 Å². The first kappa shape index (κ1) is 25.6. The minimum absolute atomic E-state index is 0.0181. The van der Waals surface area contributed by atoms with Crippen LogP contribution in [0.1, 0.15) is 42.0 Å². The molecule has 2 aromatic heterocycles. The smallest absolute Gasteiger partial charge is 0.245 e. The lowest BCUT2D eigenvalue weighted by Crippen LogP contribution is -2.46. The molecule has 3 N–H and O–H groups in total. The zero-order chi connectivity index (χ0) is 25.7. The summed E-state index contributed by atoms with van der Waals surface area (Å²) in [5.74, 6) is -0.682. The topological polar surface area (TPSA) is 125 Å². The lowest BCUT2D eigenvalue weighted by molar-refractivity contribution is -0.125. The Bertz CT molecular complexity index is 1280. The molecule has 1 fully saturated rings. The number of hydrogen-bond acceptors (Lipinski definition) is 8. The number of anilines is 1. The molecule has 9 nitrogen and oxygen atoms in total. The van der Waals surface area contributed by atoms with Gasteiger partial charge in [0.1, 0.15) is 5.76 Å². The molecule has 10 heteroatoms. The predicted octanol–water partition coefficient (Wildman–Crippen LogP) is 3.10. The molecule has 1 saturated heterocycles. The van der Waals surface area contributed by atoms with E-state index in [0.717, 1.165) is 12.2 Å². The first-order valence-electron chi connectivity index (χ1n) is 11.8. The molecule has 1 aliphatic rings. The van der Waals surface area contributed by atoms with Crippen molar-refractivity contribution in [2.24, 2.45) is 0 Å². The maximum Gasteiger partial charge on any atom is 0.245 e. The molecule has 36 heavy (non-hydrogen) atoms. The quantitative estimate of drug-likeness (QED) is 0.425. The first-order valence-corrected chi connectivity index (χ1v) is 12.7. The number of piperidine rings is 1. The van der Waals surface area contributed by atoms with Crippen molar-refractivity contribution in [3.8, 4) is 5.75 Å². The van der Waals surface area contributed by atoms with Crippen LogP contribution in [0.15, 0.2) is 51.0 Å². The third-order valence-corrected chi connectivity index (χ3v) is 7.28. The van der Waals surface area contributed by atoms with E-state index in [9.17, 15) is 19.5 Å². The summed E-state index contributed by atoms with van der Waals surface area (Å²) >= 11 is 1.31. The van der Waals surface area contributed by atoms with Crippen molar-refractivity contribution in [1.29, 1.82) is 0 Å². The van der Waals surface area contributed by atoms with E-state index in [1.165, 1.54) is 23.0 Å². The monoisotopic (exact) mass is 510 g/mol. The zero-order valence-electron chi connectivity index (χ0n) is 20.4. The number of benzene rings is 1. The van der Waals surface area contributed by atoms with Gasteiger partial charge >= 0.3 is 0 Å². The van der Waals surface area contributed by atoms with Crippen molar-refractivity contribution in [2.45, 2.75) is 45.1 Å².